The minimum atomic E-state index is 1.07. The first kappa shape index (κ1) is 7.91. The van der Waals surface area contributed by atoms with Crippen LogP contribution in [0, 0.1) is 11.8 Å². The van der Waals surface area contributed by atoms with Crippen molar-refractivity contribution in [3.63, 3.8) is 0 Å². The van der Waals surface area contributed by atoms with Gasteiger partial charge in [-0.1, -0.05) is 0 Å². The Kier molecular flexibility index (Phi) is 6.83. The predicted molar refractivity (Wildman–Crippen MR) is 41.1 cm³/mol. The fourth-order valence-corrected chi connectivity index (χ4v) is 0.863. The molecule has 0 fully saturated rings. The SMILES string of the molecule is CC#CCCCSC. The van der Waals surface area contributed by atoms with Crippen LogP contribution in [0.2, 0.25) is 0 Å². The van der Waals surface area contributed by atoms with Gasteiger partial charge >= 0.3 is 0 Å². The van der Waals surface area contributed by atoms with E-state index in [1.165, 1.54) is 12.2 Å². The molecule has 0 saturated carbocycles. The highest BCUT2D eigenvalue weighted by molar-refractivity contribution is 7.98. The Morgan fingerprint density at radius 1 is 1.50 bits per heavy atom. The lowest BCUT2D eigenvalue weighted by Crippen LogP contribution is -1.74. The first-order valence-electron chi connectivity index (χ1n) is 2.80. The van der Waals surface area contributed by atoms with Crippen LogP contribution >= 0.6 is 11.8 Å². The summed E-state index contributed by atoms with van der Waals surface area (Å²) in [7, 11) is 0. The summed E-state index contributed by atoms with van der Waals surface area (Å²) in [5, 5.41) is 0. The molecule has 0 radical (unpaired) electrons. The molecule has 0 heterocycles. The Balaban J connectivity index is 2.79. The summed E-state index contributed by atoms with van der Waals surface area (Å²) in [6, 6.07) is 0. The van der Waals surface area contributed by atoms with E-state index in [1.54, 1.807) is 0 Å². The van der Waals surface area contributed by atoms with Gasteiger partial charge in [0.2, 0.25) is 0 Å². The van der Waals surface area contributed by atoms with Crippen molar-refractivity contribution in [3.8, 4) is 11.8 Å². The zero-order chi connectivity index (χ0) is 6.24. The van der Waals surface area contributed by atoms with Crippen molar-refractivity contribution in [2.24, 2.45) is 0 Å². The molecule has 8 heavy (non-hydrogen) atoms. The van der Waals surface area contributed by atoms with Crippen molar-refractivity contribution < 1.29 is 0 Å². The van der Waals surface area contributed by atoms with Gasteiger partial charge in [0.1, 0.15) is 0 Å². The summed E-state index contributed by atoms with van der Waals surface area (Å²) < 4.78 is 0. The quantitative estimate of drug-likeness (QED) is 0.414. The molecule has 0 aromatic heterocycles. The lowest BCUT2D eigenvalue weighted by molar-refractivity contribution is 0.998. The van der Waals surface area contributed by atoms with Gasteiger partial charge in [-0.3, -0.25) is 0 Å². The zero-order valence-corrected chi connectivity index (χ0v) is 6.35. The predicted octanol–water partition coefficient (Wildman–Crippen LogP) is 2.15. The van der Waals surface area contributed by atoms with Crippen LogP contribution in [0.4, 0.5) is 0 Å². The van der Waals surface area contributed by atoms with Gasteiger partial charge < -0.3 is 0 Å². The van der Waals surface area contributed by atoms with E-state index in [0.29, 0.717) is 0 Å². The molecule has 0 unspecified atom stereocenters. The van der Waals surface area contributed by atoms with Crippen LogP contribution in [-0.2, 0) is 0 Å². The Hall–Kier alpha value is -0.0900. The van der Waals surface area contributed by atoms with E-state index < -0.39 is 0 Å². The topological polar surface area (TPSA) is 0 Å². The van der Waals surface area contributed by atoms with Crippen molar-refractivity contribution in [1.82, 2.24) is 0 Å². The summed E-state index contributed by atoms with van der Waals surface area (Å²) in [4.78, 5) is 0. The smallest absolute Gasteiger partial charge is 0.00964 e. The van der Waals surface area contributed by atoms with E-state index in [2.05, 4.69) is 18.1 Å². The third-order valence-corrected chi connectivity index (χ3v) is 1.52. The second-order valence-corrected chi connectivity index (χ2v) is 2.51. The van der Waals surface area contributed by atoms with Crippen molar-refractivity contribution in [3.05, 3.63) is 0 Å². The Bertz CT molecular complexity index is 86.3. The van der Waals surface area contributed by atoms with Crippen molar-refractivity contribution >= 4 is 11.8 Å². The molecule has 0 amide bonds. The van der Waals surface area contributed by atoms with E-state index in [9.17, 15) is 0 Å². The normalized spacial score (nSPS) is 7.75. The molecule has 0 N–H and O–H groups in total. The number of thioether (sulfide) groups is 1. The largest absolute Gasteiger partial charge is 0.165 e. The molecular weight excluding hydrogens is 116 g/mol. The molecule has 0 spiro atoms. The highest BCUT2D eigenvalue weighted by atomic mass is 32.2. The maximum absolute atomic E-state index is 3.02. The average Bonchev–Trinajstić information content (AvgIpc) is 1.81. The monoisotopic (exact) mass is 128 g/mol. The molecule has 0 aliphatic heterocycles. The number of rotatable bonds is 3. The minimum absolute atomic E-state index is 1.07. The summed E-state index contributed by atoms with van der Waals surface area (Å²) in [5.74, 6) is 7.13. The Labute approximate surface area is 56.1 Å². The number of hydrogen-bond acceptors (Lipinski definition) is 1. The third kappa shape index (κ3) is 5.91. The van der Waals surface area contributed by atoms with Gasteiger partial charge in [-0.2, -0.15) is 11.8 Å². The van der Waals surface area contributed by atoms with Crippen LogP contribution in [0.1, 0.15) is 19.8 Å². The summed E-state index contributed by atoms with van der Waals surface area (Å²) in [6.45, 7) is 1.89. The fourth-order valence-electron chi connectivity index (χ4n) is 0.430. The molecule has 0 atom stereocenters. The highest BCUT2D eigenvalue weighted by Gasteiger charge is 1.78. The molecule has 1 heteroatoms. The standard InChI is InChI=1S/C7H12S/c1-3-4-5-6-7-8-2/h5-7H2,1-2H3. The van der Waals surface area contributed by atoms with Crippen LogP contribution in [0.3, 0.4) is 0 Å². The van der Waals surface area contributed by atoms with Crippen LogP contribution in [0.15, 0.2) is 0 Å². The van der Waals surface area contributed by atoms with Crippen molar-refractivity contribution in [1.29, 1.82) is 0 Å². The summed E-state index contributed by atoms with van der Waals surface area (Å²) in [5.41, 5.74) is 0. The van der Waals surface area contributed by atoms with Gasteiger partial charge in [-0.15, -0.1) is 11.8 Å². The fraction of sp³-hybridized carbons (Fsp3) is 0.714. The summed E-state index contributed by atoms with van der Waals surface area (Å²) in [6.07, 6.45) is 4.43. The highest BCUT2D eigenvalue weighted by Crippen LogP contribution is 1.96. The molecule has 0 aromatic rings. The van der Waals surface area contributed by atoms with Gasteiger partial charge in [-0.25, -0.2) is 0 Å². The molecule has 0 aliphatic carbocycles. The van der Waals surface area contributed by atoms with E-state index in [1.807, 2.05) is 18.7 Å². The second-order valence-electron chi connectivity index (χ2n) is 1.52. The lowest BCUT2D eigenvalue weighted by atomic mass is 10.3. The molecule has 0 nitrogen and oxygen atoms in total. The first-order chi connectivity index (χ1) is 3.91. The maximum Gasteiger partial charge on any atom is 0.00964 e. The van der Waals surface area contributed by atoms with Gasteiger partial charge in [0.15, 0.2) is 0 Å². The number of unbranched alkanes of at least 4 members (excludes halogenated alkanes) is 1. The van der Waals surface area contributed by atoms with Crippen LogP contribution in [-0.4, -0.2) is 12.0 Å². The van der Waals surface area contributed by atoms with E-state index >= 15 is 0 Å². The van der Waals surface area contributed by atoms with Crippen molar-refractivity contribution in [2.45, 2.75) is 19.8 Å². The molecular formula is C7H12S. The van der Waals surface area contributed by atoms with Gasteiger partial charge in [0, 0.05) is 6.42 Å². The molecule has 0 bridgehead atoms. The third-order valence-electron chi connectivity index (χ3n) is 0.827. The Morgan fingerprint density at radius 3 is 2.75 bits per heavy atom. The zero-order valence-electron chi connectivity index (χ0n) is 5.53. The molecule has 0 aromatic carbocycles. The molecule has 0 aliphatic rings. The van der Waals surface area contributed by atoms with E-state index in [0.717, 1.165) is 6.42 Å². The lowest BCUT2D eigenvalue weighted by Gasteiger charge is -1.87. The van der Waals surface area contributed by atoms with Crippen molar-refractivity contribution in [2.75, 3.05) is 12.0 Å². The van der Waals surface area contributed by atoms with Gasteiger partial charge in [0.05, 0.1) is 0 Å². The molecule has 0 rings (SSSR count). The van der Waals surface area contributed by atoms with Crippen LogP contribution in [0.25, 0.3) is 0 Å². The summed E-state index contributed by atoms with van der Waals surface area (Å²) >= 11 is 1.88. The first-order valence-corrected chi connectivity index (χ1v) is 4.19. The minimum Gasteiger partial charge on any atom is -0.165 e. The molecule has 0 saturated heterocycles. The Morgan fingerprint density at radius 2 is 2.25 bits per heavy atom. The van der Waals surface area contributed by atoms with Crippen LogP contribution < -0.4 is 0 Å². The second kappa shape index (κ2) is 6.91. The van der Waals surface area contributed by atoms with Crippen LogP contribution in [0.5, 0.6) is 0 Å². The van der Waals surface area contributed by atoms with E-state index in [4.69, 9.17) is 0 Å². The maximum atomic E-state index is 3.02. The average molecular weight is 128 g/mol. The van der Waals surface area contributed by atoms with Gasteiger partial charge in [0.25, 0.3) is 0 Å². The molecule has 46 valence electrons. The number of hydrogen-bond donors (Lipinski definition) is 0. The van der Waals surface area contributed by atoms with E-state index in [-0.39, 0.29) is 0 Å². The van der Waals surface area contributed by atoms with Gasteiger partial charge in [-0.05, 0) is 25.4 Å².